The van der Waals surface area contributed by atoms with Crippen molar-refractivity contribution < 1.29 is 14.5 Å². The molecule has 0 aliphatic carbocycles. The fourth-order valence-electron chi connectivity index (χ4n) is 3.48. The van der Waals surface area contributed by atoms with Gasteiger partial charge in [0.2, 0.25) is 4.80 Å². The summed E-state index contributed by atoms with van der Waals surface area (Å²) in [6, 6.07) is 15.4. The largest absolute Gasteiger partial charge is 0.482 e. The molecule has 3 heterocycles. The minimum absolute atomic E-state index is 0.0102. The zero-order valence-corrected chi connectivity index (χ0v) is 19.2. The molecule has 1 aliphatic rings. The number of hydrogen-bond acceptors (Lipinski definition) is 8. The van der Waals surface area contributed by atoms with Crippen molar-refractivity contribution in [1.82, 2.24) is 9.66 Å². The SMILES string of the molecule is CC(=Nn1c(-c2ccc3c(c2)NC(=O)CO3)csc1=Nc1cccnc1)c1ccc([N+](=O)[O-])cc1. The van der Waals surface area contributed by atoms with Crippen LogP contribution in [0.3, 0.4) is 0 Å². The number of thiazole rings is 1. The van der Waals surface area contributed by atoms with Crippen LogP contribution in [0.2, 0.25) is 0 Å². The number of benzene rings is 2. The molecule has 0 saturated carbocycles. The van der Waals surface area contributed by atoms with Gasteiger partial charge in [0.25, 0.3) is 11.6 Å². The number of nitrogens with one attached hydrogen (secondary N) is 1. The molecule has 2 aromatic carbocycles. The van der Waals surface area contributed by atoms with E-state index in [1.54, 1.807) is 41.3 Å². The van der Waals surface area contributed by atoms with Crippen molar-refractivity contribution in [3.8, 4) is 17.0 Å². The number of carbonyl (C=O) groups is 1. The van der Waals surface area contributed by atoms with Gasteiger partial charge >= 0.3 is 0 Å². The average Bonchev–Trinajstić information content (AvgIpc) is 3.26. The second kappa shape index (κ2) is 9.31. The number of hydrogen-bond donors (Lipinski definition) is 1. The van der Waals surface area contributed by atoms with Gasteiger partial charge in [-0.2, -0.15) is 5.10 Å². The second-order valence-electron chi connectivity index (χ2n) is 7.58. The van der Waals surface area contributed by atoms with Crippen LogP contribution in [0.15, 0.2) is 82.5 Å². The predicted octanol–water partition coefficient (Wildman–Crippen LogP) is 4.36. The Kier molecular flexibility index (Phi) is 5.90. The van der Waals surface area contributed by atoms with Gasteiger partial charge in [-0.3, -0.25) is 19.9 Å². The van der Waals surface area contributed by atoms with E-state index < -0.39 is 4.92 Å². The van der Waals surface area contributed by atoms with Crippen LogP contribution >= 0.6 is 11.3 Å². The lowest BCUT2D eigenvalue weighted by atomic mass is 10.1. The van der Waals surface area contributed by atoms with Crippen LogP contribution in [-0.4, -0.2) is 32.8 Å². The Bertz CT molecular complexity index is 1520. The molecule has 2 aromatic heterocycles. The van der Waals surface area contributed by atoms with Crippen LogP contribution in [0, 0.1) is 10.1 Å². The number of non-ortho nitro benzene ring substituents is 1. The number of amides is 1. The zero-order valence-electron chi connectivity index (χ0n) is 18.4. The van der Waals surface area contributed by atoms with Crippen molar-refractivity contribution in [3.63, 3.8) is 0 Å². The first kappa shape index (κ1) is 22.2. The van der Waals surface area contributed by atoms with Gasteiger partial charge in [0.1, 0.15) is 5.75 Å². The molecule has 0 fully saturated rings. The molecule has 174 valence electrons. The Balaban J connectivity index is 1.63. The molecule has 5 rings (SSSR count). The number of fused-ring (bicyclic) bond motifs is 1. The van der Waals surface area contributed by atoms with Crippen LogP contribution < -0.4 is 14.9 Å². The second-order valence-corrected chi connectivity index (χ2v) is 8.41. The molecule has 0 unspecified atom stereocenters. The molecule has 1 amide bonds. The molecule has 11 heteroatoms. The maximum atomic E-state index is 11.8. The van der Waals surface area contributed by atoms with Gasteiger partial charge in [-0.25, -0.2) is 9.67 Å². The maximum Gasteiger partial charge on any atom is 0.269 e. The van der Waals surface area contributed by atoms with Crippen molar-refractivity contribution >= 4 is 40.0 Å². The van der Waals surface area contributed by atoms with Gasteiger partial charge in [0.05, 0.1) is 33.9 Å². The molecule has 0 saturated heterocycles. The predicted molar refractivity (Wildman–Crippen MR) is 132 cm³/mol. The number of nitro groups is 1. The highest BCUT2D eigenvalue weighted by atomic mass is 32.1. The number of anilines is 1. The number of carbonyl (C=O) groups excluding carboxylic acids is 1. The van der Waals surface area contributed by atoms with Crippen LogP contribution in [-0.2, 0) is 4.79 Å². The van der Waals surface area contributed by atoms with Crippen molar-refractivity contribution in [2.45, 2.75) is 6.92 Å². The summed E-state index contributed by atoms with van der Waals surface area (Å²) in [5.74, 6) is 0.383. The number of rotatable bonds is 5. The van der Waals surface area contributed by atoms with E-state index in [4.69, 9.17) is 14.8 Å². The lowest BCUT2D eigenvalue weighted by molar-refractivity contribution is -0.384. The van der Waals surface area contributed by atoms with E-state index in [2.05, 4.69) is 10.3 Å². The topological polar surface area (TPSA) is 124 Å². The summed E-state index contributed by atoms with van der Waals surface area (Å²) in [5.41, 5.74) is 4.19. The van der Waals surface area contributed by atoms with Crippen LogP contribution in [0.25, 0.3) is 11.3 Å². The minimum atomic E-state index is -0.439. The summed E-state index contributed by atoms with van der Waals surface area (Å²) in [6.45, 7) is 1.81. The third-order valence-electron chi connectivity index (χ3n) is 5.21. The lowest BCUT2D eigenvalue weighted by Gasteiger charge is -2.18. The summed E-state index contributed by atoms with van der Waals surface area (Å²) in [6.07, 6.45) is 3.33. The summed E-state index contributed by atoms with van der Waals surface area (Å²) >= 11 is 1.40. The summed E-state index contributed by atoms with van der Waals surface area (Å²) in [4.78, 5) is 31.8. The van der Waals surface area contributed by atoms with Gasteiger partial charge < -0.3 is 10.1 Å². The first-order valence-corrected chi connectivity index (χ1v) is 11.4. The minimum Gasteiger partial charge on any atom is -0.482 e. The maximum absolute atomic E-state index is 11.8. The average molecular weight is 487 g/mol. The smallest absolute Gasteiger partial charge is 0.269 e. The molecule has 0 radical (unpaired) electrons. The molecule has 1 N–H and O–H groups in total. The number of nitrogens with zero attached hydrogens (tertiary/aromatic N) is 5. The highest BCUT2D eigenvalue weighted by Crippen LogP contribution is 2.33. The molecular formula is C24H18N6O4S. The van der Waals surface area contributed by atoms with Gasteiger partial charge in [-0.15, -0.1) is 11.3 Å². The van der Waals surface area contributed by atoms with Gasteiger partial charge in [-0.05, 0) is 55.0 Å². The number of aromatic nitrogens is 2. The first-order chi connectivity index (χ1) is 17.0. The van der Waals surface area contributed by atoms with E-state index in [-0.39, 0.29) is 18.2 Å². The fourth-order valence-corrected chi connectivity index (χ4v) is 4.33. The van der Waals surface area contributed by atoms with Crippen molar-refractivity contribution in [2.24, 2.45) is 10.1 Å². The highest BCUT2D eigenvalue weighted by Gasteiger charge is 2.18. The summed E-state index contributed by atoms with van der Waals surface area (Å²) in [7, 11) is 0. The lowest BCUT2D eigenvalue weighted by Crippen LogP contribution is -2.25. The van der Waals surface area contributed by atoms with E-state index in [9.17, 15) is 14.9 Å². The normalized spacial score (nSPS) is 13.7. The van der Waals surface area contributed by atoms with Crippen molar-refractivity contribution in [1.29, 1.82) is 0 Å². The third-order valence-corrected chi connectivity index (χ3v) is 6.03. The standard InChI is InChI=1S/C24H18N6O4S/c1-15(16-4-7-19(8-5-16)30(32)33)28-29-21(14-35-24(29)26-18-3-2-10-25-12-18)17-6-9-22-20(11-17)27-23(31)13-34-22/h2-12,14H,13H2,1H3,(H,27,31). The molecule has 0 atom stereocenters. The van der Waals surface area contributed by atoms with Crippen LogP contribution in [0.1, 0.15) is 12.5 Å². The highest BCUT2D eigenvalue weighted by molar-refractivity contribution is 7.07. The molecule has 0 bridgehead atoms. The molecule has 10 nitrogen and oxygen atoms in total. The molecule has 0 spiro atoms. The van der Waals surface area contributed by atoms with E-state index >= 15 is 0 Å². The van der Waals surface area contributed by atoms with E-state index in [1.807, 2.05) is 30.5 Å². The Morgan fingerprint density at radius 3 is 2.80 bits per heavy atom. The van der Waals surface area contributed by atoms with E-state index in [0.717, 1.165) is 16.8 Å². The molecular weight excluding hydrogens is 468 g/mol. The summed E-state index contributed by atoms with van der Waals surface area (Å²) < 4.78 is 7.18. The van der Waals surface area contributed by atoms with Crippen molar-refractivity contribution in [2.75, 3.05) is 11.9 Å². The Labute approximate surface area is 203 Å². The van der Waals surface area contributed by atoms with E-state index in [1.165, 1.54) is 23.5 Å². The van der Waals surface area contributed by atoms with Gasteiger partial charge in [0.15, 0.2) is 6.61 Å². The molecule has 1 aliphatic heterocycles. The molecule has 35 heavy (non-hydrogen) atoms. The van der Waals surface area contributed by atoms with E-state index in [0.29, 0.717) is 27.6 Å². The fraction of sp³-hybridized carbons (Fsp3) is 0.0833. The number of pyridine rings is 1. The van der Waals surface area contributed by atoms with Crippen molar-refractivity contribution in [3.05, 3.63) is 92.9 Å². The molecule has 4 aromatic rings. The Morgan fingerprint density at radius 2 is 2.06 bits per heavy atom. The third kappa shape index (κ3) is 4.70. The van der Waals surface area contributed by atoms with Crippen LogP contribution in [0.5, 0.6) is 5.75 Å². The van der Waals surface area contributed by atoms with Gasteiger partial charge in [-0.1, -0.05) is 0 Å². The number of ether oxygens (including phenoxy) is 1. The van der Waals surface area contributed by atoms with Crippen LogP contribution in [0.4, 0.5) is 17.1 Å². The number of nitro benzene ring substituents is 1. The van der Waals surface area contributed by atoms with Gasteiger partial charge in [0, 0.05) is 29.3 Å². The quantitative estimate of drug-likeness (QED) is 0.255. The monoisotopic (exact) mass is 486 g/mol. The zero-order chi connectivity index (χ0) is 24.4. The Hall–Kier alpha value is -4.64. The summed E-state index contributed by atoms with van der Waals surface area (Å²) in [5, 5.41) is 20.6. The Morgan fingerprint density at radius 1 is 1.23 bits per heavy atom. The first-order valence-electron chi connectivity index (χ1n) is 10.5.